The van der Waals surface area contributed by atoms with Crippen molar-refractivity contribution in [3.05, 3.63) is 77.9 Å². The van der Waals surface area contributed by atoms with Crippen LogP contribution in [0, 0.1) is 6.92 Å². The number of oxazole rings is 1. The number of nitrogens with one attached hydrogen (secondary N) is 1. The van der Waals surface area contributed by atoms with E-state index < -0.39 is 10.0 Å². The molecular weight excluding hydrogens is 438 g/mol. The molecular formula is C25H23N3O4S. The number of hydrogen-bond acceptors (Lipinski definition) is 5. The van der Waals surface area contributed by atoms with Gasteiger partial charge in [0.25, 0.3) is 5.91 Å². The fourth-order valence-corrected chi connectivity index (χ4v) is 5.51. The van der Waals surface area contributed by atoms with Gasteiger partial charge in [-0.05, 0) is 67.8 Å². The van der Waals surface area contributed by atoms with Crippen LogP contribution in [0.4, 0.5) is 5.69 Å². The van der Waals surface area contributed by atoms with E-state index in [1.165, 1.54) is 28.6 Å². The smallest absolute Gasteiger partial charge is 0.255 e. The summed E-state index contributed by atoms with van der Waals surface area (Å²) in [5.41, 5.74) is 4.18. The highest BCUT2D eigenvalue weighted by atomic mass is 32.2. The highest BCUT2D eigenvalue weighted by Crippen LogP contribution is 2.28. The summed E-state index contributed by atoms with van der Waals surface area (Å²) < 4.78 is 32.7. The van der Waals surface area contributed by atoms with Crippen LogP contribution in [-0.4, -0.2) is 36.7 Å². The van der Waals surface area contributed by atoms with Gasteiger partial charge in [-0.1, -0.05) is 18.2 Å². The molecule has 4 aromatic rings. The van der Waals surface area contributed by atoms with Crippen molar-refractivity contribution >= 4 is 32.7 Å². The van der Waals surface area contributed by atoms with Crippen molar-refractivity contribution in [2.24, 2.45) is 0 Å². The van der Waals surface area contributed by atoms with E-state index in [9.17, 15) is 13.2 Å². The van der Waals surface area contributed by atoms with E-state index in [0.717, 1.165) is 24.0 Å². The molecule has 1 amide bonds. The molecule has 3 aromatic carbocycles. The second-order valence-electron chi connectivity index (χ2n) is 8.11. The van der Waals surface area contributed by atoms with Crippen molar-refractivity contribution in [2.45, 2.75) is 24.7 Å². The Labute approximate surface area is 192 Å². The van der Waals surface area contributed by atoms with E-state index in [2.05, 4.69) is 10.3 Å². The Morgan fingerprint density at radius 2 is 1.73 bits per heavy atom. The Bertz CT molecular complexity index is 1440. The van der Waals surface area contributed by atoms with E-state index in [1.807, 2.05) is 31.2 Å². The molecule has 1 aromatic heterocycles. The second-order valence-corrected chi connectivity index (χ2v) is 10.0. The third-order valence-electron chi connectivity index (χ3n) is 5.84. The van der Waals surface area contributed by atoms with Crippen LogP contribution in [-0.2, 0) is 10.0 Å². The Kier molecular flexibility index (Phi) is 5.47. The predicted molar refractivity (Wildman–Crippen MR) is 127 cm³/mol. The number of benzene rings is 3. The first-order chi connectivity index (χ1) is 15.9. The molecule has 1 saturated heterocycles. The number of carbonyl (C=O) groups is 1. The molecule has 168 valence electrons. The van der Waals surface area contributed by atoms with Crippen molar-refractivity contribution in [2.75, 3.05) is 18.4 Å². The molecule has 7 nitrogen and oxygen atoms in total. The number of anilines is 1. The van der Waals surface area contributed by atoms with Crippen LogP contribution in [0.1, 0.15) is 28.8 Å². The molecule has 5 rings (SSSR count). The Hall–Kier alpha value is -3.49. The minimum absolute atomic E-state index is 0.202. The molecule has 0 bridgehead atoms. The molecule has 0 saturated carbocycles. The molecule has 33 heavy (non-hydrogen) atoms. The first kappa shape index (κ1) is 21.4. The van der Waals surface area contributed by atoms with Gasteiger partial charge in [0.2, 0.25) is 15.9 Å². The van der Waals surface area contributed by atoms with Gasteiger partial charge in [0.05, 0.1) is 4.90 Å². The summed E-state index contributed by atoms with van der Waals surface area (Å²) in [6.45, 7) is 3.08. The molecule has 0 atom stereocenters. The largest absolute Gasteiger partial charge is 0.436 e. The molecule has 0 spiro atoms. The standard InChI is InChI=1S/C25H23N3O4S/c1-17-6-2-3-7-21(17)25-27-22-13-10-19(16-23(22)32-25)26-24(29)18-8-11-20(12-9-18)33(30,31)28-14-4-5-15-28/h2-3,6-13,16H,4-5,14-15H2,1H3,(H,26,29). The number of hydrogen-bond donors (Lipinski definition) is 1. The number of sulfonamides is 1. The van der Waals surface area contributed by atoms with E-state index in [4.69, 9.17) is 4.42 Å². The summed E-state index contributed by atoms with van der Waals surface area (Å²) in [5.74, 6) is 0.194. The van der Waals surface area contributed by atoms with Crippen molar-refractivity contribution in [1.29, 1.82) is 0 Å². The summed E-state index contributed by atoms with van der Waals surface area (Å²) in [4.78, 5) is 17.5. The van der Waals surface area contributed by atoms with Crippen molar-refractivity contribution < 1.29 is 17.6 Å². The average molecular weight is 462 g/mol. The van der Waals surface area contributed by atoms with Gasteiger partial charge in [-0.2, -0.15) is 4.31 Å². The van der Waals surface area contributed by atoms with Gasteiger partial charge in [-0.3, -0.25) is 4.79 Å². The minimum atomic E-state index is -3.51. The first-order valence-corrected chi connectivity index (χ1v) is 12.2. The maximum atomic E-state index is 12.7. The van der Waals surface area contributed by atoms with Crippen LogP contribution in [0.3, 0.4) is 0 Å². The van der Waals surface area contributed by atoms with Crippen LogP contribution in [0.5, 0.6) is 0 Å². The molecule has 0 radical (unpaired) electrons. The molecule has 1 aliphatic rings. The highest BCUT2D eigenvalue weighted by molar-refractivity contribution is 7.89. The summed E-state index contributed by atoms with van der Waals surface area (Å²) in [7, 11) is -3.51. The maximum absolute atomic E-state index is 12.7. The van der Waals surface area contributed by atoms with E-state index in [1.54, 1.807) is 18.2 Å². The third kappa shape index (κ3) is 4.15. The zero-order valence-electron chi connectivity index (χ0n) is 18.1. The summed E-state index contributed by atoms with van der Waals surface area (Å²) in [6.07, 6.45) is 1.75. The van der Waals surface area contributed by atoms with Gasteiger partial charge >= 0.3 is 0 Å². The number of carbonyl (C=O) groups excluding carboxylic acids is 1. The van der Waals surface area contributed by atoms with Crippen LogP contribution in [0.25, 0.3) is 22.6 Å². The number of aromatic nitrogens is 1. The monoisotopic (exact) mass is 461 g/mol. The van der Waals surface area contributed by atoms with Crippen molar-refractivity contribution in [1.82, 2.24) is 9.29 Å². The maximum Gasteiger partial charge on any atom is 0.255 e. The normalized spacial score (nSPS) is 14.6. The van der Waals surface area contributed by atoms with Crippen molar-refractivity contribution in [3.8, 4) is 11.5 Å². The molecule has 2 heterocycles. The number of fused-ring (bicyclic) bond motifs is 1. The lowest BCUT2D eigenvalue weighted by molar-refractivity contribution is 0.102. The van der Waals surface area contributed by atoms with Gasteiger partial charge in [-0.15, -0.1) is 0 Å². The number of rotatable bonds is 5. The van der Waals surface area contributed by atoms with Gasteiger partial charge in [0.1, 0.15) is 5.52 Å². The van der Waals surface area contributed by atoms with Crippen LogP contribution >= 0.6 is 0 Å². The lowest BCUT2D eigenvalue weighted by Gasteiger charge is -2.15. The quantitative estimate of drug-likeness (QED) is 0.459. The molecule has 1 aliphatic heterocycles. The zero-order chi connectivity index (χ0) is 23.0. The van der Waals surface area contributed by atoms with Crippen molar-refractivity contribution in [3.63, 3.8) is 0 Å². The summed E-state index contributed by atoms with van der Waals surface area (Å²) in [5, 5.41) is 2.84. The number of nitrogens with zero attached hydrogens (tertiary/aromatic N) is 2. The Morgan fingerprint density at radius 3 is 2.45 bits per heavy atom. The Balaban J connectivity index is 1.34. The molecule has 8 heteroatoms. The second kappa shape index (κ2) is 8.46. The van der Waals surface area contributed by atoms with Gasteiger partial charge < -0.3 is 9.73 Å². The fraction of sp³-hybridized carbons (Fsp3) is 0.200. The van der Waals surface area contributed by atoms with E-state index in [-0.39, 0.29) is 10.8 Å². The van der Waals surface area contributed by atoms with Crippen LogP contribution in [0.2, 0.25) is 0 Å². The Morgan fingerprint density at radius 1 is 1.00 bits per heavy atom. The van der Waals surface area contributed by atoms with Crippen LogP contribution in [0.15, 0.2) is 76.0 Å². The fourth-order valence-electron chi connectivity index (χ4n) is 3.99. The minimum Gasteiger partial charge on any atom is -0.436 e. The summed E-state index contributed by atoms with van der Waals surface area (Å²) >= 11 is 0. The lowest BCUT2D eigenvalue weighted by atomic mass is 10.1. The lowest BCUT2D eigenvalue weighted by Crippen LogP contribution is -2.27. The first-order valence-electron chi connectivity index (χ1n) is 10.8. The average Bonchev–Trinajstić information content (AvgIpc) is 3.50. The van der Waals surface area contributed by atoms with Crippen LogP contribution < -0.4 is 5.32 Å². The molecule has 0 unspecified atom stereocenters. The number of aryl methyl sites for hydroxylation is 1. The SMILES string of the molecule is Cc1ccccc1-c1nc2ccc(NC(=O)c3ccc(S(=O)(=O)N4CCCC4)cc3)cc2o1. The highest BCUT2D eigenvalue weighted by Gasteiger charge is 2.27. The molecule has 1 N–H and O–H groups in total. The van der Waals surface area contributed by atoms with Gasteiger partial charge in [0, 0.05) is 36.0 Å². The molecule has 0 aliphatic carbocycles. The van der Waals surface area contributed by atoms with Gasteiger partial charge in [0.15, 0.2) is 5.58 Å². The zero-order valence-corrected chi connectivity index (χ0v) is 18.9. The van der Waals surface area contributed by atoms with Gasteiger partial charge in [-0.25, -0.2) is 13.4 Å². The topological polar surface area (TPSA) is 92.5 Å². The number of amides is 1. The van der Waals surface area contributed by atoms with E-state index in [0.29, 0.717) is 41.3 Å². The summed E-state index contributed by atoms with van der Waals surface area (Å²) in [6, 6.07) is 19.2. The van der Waals surface area contributed by atoms with E-state index >= 15 is 0 Å². The molecule has 1 fully saturated rings. The predicted octanol–water partition coefficient (Wildman–Crippen LogP) is 4.84. The third-order valence-corrected chi connectivity index (χ3v) is 7.75.